The van der Waals surface area contributed by atoms with Crippen LogP contribution in [0.5, 0.6) is 0 Å². The standard InChI is InChI=1S/C21H21N3O5S/c1-14-2-7-19-18(12-14)21(23-10-8-16(25)9-11-23)20(13-22-19)30(28,29)17-5-3-15(4-6-17)24(26)27/h2-7,12-13,16,25H,8-11H2,1H3. The predicted molar refractivity (Wildman–Crippen MR) is 112 cm³/mol. The molecule has 1 aromatic heterocycles. The number of hydrogen-bond donors (Lipinski definition) is 1. The number of non-ortho nitro benzene ring substituents is 1. The van der Waals surface area contributed by atoms with Crippen LogP contribution in [0.2, 0.25) is 0 Å². The lowest BCUT2D eigenvalue weighted by molar-refractivity contribution is -0.384. The van der Waals surface area contributed by atoms with E-state index in [1.54, 1.807) is 0 Å². The summed E-state index contributed by atoms with van der Waals surface area (Å²) >= 11 is 0. The van der Waals surface area contributed by atoms with Crippen LogP contribution in [0, 0.1) is 17.0 Å². The summed E-state index contributed by atoms with van der Waals surface area (Å²) < 4.78 is 27.0. The average Bonchev–Trinajstić information content (AvgIpc) is 2.73. The van der Waals surface area contributed by atoms with Crippen LogP contribution in [-0.2, 0) is 9.84 Å². The molecule has 1 saturated heterocycles. The molecule has 4 rings (SSSR count). The molecule has 1 N–H and O–H groups in total. The normalized spacial score (nSPS) is 15.5. The van der Waals surface area contributed by atoms with Gasteiger partial charge < -0.3 is 10.0 Å². The molecule has 2 heterocycles. The summed E-state index contributed by atoms with van der Waals surface area (Å²) in [6, 6.07) is 10.6. The SMILES string of the molecule is Cc1ccc2ncc(S(=O)(=O)c3ccc([N+](=O)[O-])cc3)c(N3CCC(O)CC3)c2c1. The molecule has 1 fully saturated rings. The number of aryl methyl sites for hydroxylation is 1. The van der Waals surface area contributed by atoms with Gasteiger partial charge in [0.1, 0.15) is 4.90 Å². The molecule has 0 atom stereocenters. The Morgan fingerprint density at radius 2 is 1.80 bits per heavy atom. The second kappa shape index (κ2) is 7.66. The maximum absolute atomic E-state index is 13.5. The molecule has 3 aromatic rings. The zero-order valence-electron chi connectivity index (χ0n) is 16.4. The van der Waals surface area contributed by atoms with Crippen molar-refractivity contribution >= 4 is 32.1 Å². The highest BCUT2D eigenvalue weighted by molar-refractivity contribution is 7.91. The van der Waals surface area contributed by atoms with E-state index in [4.69, 9.17) is 0 Å². The Hall–Kier alpha value is -3.04. The lowest BCUT2D eigenvalue weighted by atomic mass is 10.0. The maximum Gasteiger partial charge on any atom is 0.269 e. The van der Waals surface area contributed by atoms with Gasteiger partial charge in [-0.2, -0.15) is 0 Å². The molecule has 1 aliphatic heterocycles. The van der Waals surface area contributed by atoms with Gasteiger partial charge in [-0.25, -0.2) is 8.42 Å². The molecular weight excluding hydrogens is 406 g/mol. The van der Waals surface area contributed by atoms with E-state index in [1.807, 2.05) is 30.0 Å². The van der Waals surface area contributed by atoms with Crippen molar-refractivity contribution in [3.05, 3.63) is 64.3 Å². The molecule has 0 radical (unpaired) electrons. The summed E-state index contributed by atoms with van der Waals surface area (Å²) in [6.45, 7) is 2.98. The number of aliphatic hydroxyl groups is 1. The van der Waals surface area contributed by atoms with E-state index in [2.05, 4.69) is 4.98 Å². The van der Waals surface area contributed by atoms with Crippen molar-refractivity contribution in [1.29, 1.82) is 0 Å². The molecule has 0 amide bonds. The molecule has 0 saturated carbocycles. The Balaban J connectivity index is 1.91. The first-order chi connectivity index (χ1) is 14.3. The molecular formula is C21H21N3O5S. The fraction of sp³-hybridized carbons (Fsp3) is 0.286. The minimum atomic E-state index is -3.97. The highest BCUT2D eigenvalue weighted by Crippen LogP contribution is 2.37. The van der Waals surface area contributed by atoms with Gasteiger partial charge in [-0.15, -0.1) is 0 Å². The quantitative estimate of drug-likeness (QED) is 0.502. The van der Waals surface area contributed by atoms with Crippen LogP contribution in [0.3, 0.4) is 0 Å². The topological polar surface area (TPSA) is 114 Å². The second-order valence-electron chi connectivity index (χ2n) is 7.46. The number of fused-ring (bicyclic) bond motifs is 1. The third kappa shape index (κ3) is 3.61. The summed E-state index contributed by atoms with van der Waals surface area (Å²) in [5, 5.41) is 21.5. The third-order valence-electron chi connectivity index (χ3n) is 5.39. The van der Waals surface area contributed by atoms with Crippen molar-refractivity contribution in [3.63, 3.8) is 0 Å². The predicted octanol–water partition coefficient (Wildman–Crippen LogP) is 3.25. The highest BCUT2D eigenvalue weighted by Gasteiger charge is 2.29. The Morgan fingerprint density at radius 1 is 1.13 bits per heavy atom. The van der Waals surface area contributed by atoms with Gasteiger partial charge in [0.25, 0.3) is 5.69 Å². The Morgan fingerprint density at radius 3 is 2.43 bits per heavy atom. The number of sulfone groups is 1. The molecule has 2 aromatic carbocycles. The summed E-state index contributed by atoms with van der Waals surface area (Å²) in [4.78, 5) is 16.7. The number of anilines is 1. The van der Waals surface area contributed by atoms with Crippen LogP contribution in [0.1, 0.15) is 18.4 Å². The van der Waals surface area contributed by atoms with Gasteiger partial charge in [-0.1, -0.05) is 11.6 Å². The minimum absolute atomic E-state index is 0.0276. The minimum Gasteiger partial charge on any atom is -0.393 e. The second-order valence-corrected chi connectivity index (χ2v) is 9.38. The maximum atomic E-state index is 13.5. The molecule has 1 aliphatic rings. The Labute approximate surface area is 173 Å². The summed E-state index contributed by atoms with van der Waals surface area (Å²) in [7, 11) is -3.97. The van der Waals surface area contributed by atoms with E-state index in [1.165, 1.54) is 30.5 Å². The summed E-state index contributed by atoms with van der Waals surface area (Å²) in [5.74, 6) is 0. The van der Waals surface area contributed by atoms with Crippen molar-refractivity contribution in [2.45, 2.75) is 35.7 Å². The number of aliphatic hydroxyl groups excluding tert-OH is 1. The Bertz CT molecular complexity index is 1220. The zero-order chi connectivity index (χ0) is 21.5. The number of hydrogen-bond acceptors (Lipinski definition) is 7. The van der Waals surface area contributed by atoms with E-state index < -0.39 is 20.9 Å². The molecule has 9 heteroatoms. The average molecular weight is 427 g/mol. The van der Waals surface area contributed by atoms with E-state index in [9.17, 15) is 23.6 Å². The van der Waals surface area contributed by atoms with Gasteiger partial charge in [0, 0.05) is 36.8 Å². The van der Waals surface area contributed by atoms with Crippen LogP contribution in [0.4, 0.5) is 11.4 Å². The van der Waals surface area contributed by atoms with E-state index in [0.717, 1.165) is 10.9 Å². The number of benzene rings is 2. The number of nitrogens with zero attached hydrogens (tertiary/aromatic N) is 3. The van der Waals surface area contributed by atoms with Crippen molar-refractivity contribution < 1.29 is 18.4 Å². The summed E-state index contributed by atoms with van der Waals surface area (Å²) in [6.07, 6.45) is 2.06. The smallest absolute Gasteiger partial charge is 0.269 e. The van der Waals surface area contributed by atoms with E-state index >= 15 is 0 Å². The third-order valence-corrected chi connectivity index (χ3v) is 7.16. The van der Waals surface area contributed by atoms with Crippen molar-refractivity contribution in [3.8, 4) is 0 Å². The number of pyridine rings is 1. The van der Waals surface area contributed by atoms with Gasteiger partial charge in [0.2, 0.25) is 9.84 Å². The first-order valence-electron chi connectivity index (χ1n) is 9.59. The molecule has 0 unspecified atom stereocenters. The van der Waals surface area contributed by atoms with E-state index in [0.29, 0.717) is 37.1 Å². The van der Waals surface area contributed by atoms with Crippen molar-refractivity contribution in [2.24, 2.45) is 0 Å². The first kappa shape index (κ1) is 20.2. The molecule has 30 heavy (non-hydrogen) atoms. The van der Waals surface area contributed by atoms with E-state index in [-0.39, 0.29) is 15.5 Å². The van der Waals surface area contributed by atoms with Gasteiger partial charge in [0.05, 0.1) is 27.1 Å². The van der Waals surface area contributed by atoms with Crippen LogP contribution >= 0.6 is 0 Å². The highest BCUT2D eigenvalue weighted by atomic mass is 32.2. The summed E-state index contributed by atoms with van der Waals surface area (Å²) in [5.41, 5.74) is 2.05. The largest absolute Gasteiger partial charge is 0.393 e. The van der Waals surface area contributed by atoms with Crippen molar-refractivity contribution in [2.75, 3.05) is 18.0 Å². The van der Waals surface area contributed by atoms with Crippen molar-refractivity contribution in [1.82, 2.24) is 4.98 Å². The molecule has 0 spiro atoms. The van der Waals surface area contributed by atoms with Crippen LogP contribution < -0.4 is 4.90 Å². The van der Waals surface area contributed by atoms with Crippen LogP contribution in [0.15, 0.2) is 58.5 Å². The van der Waals surface area contributed by atoms with Gasteiger partial charge in [-0.3, -0.25) is 15.1 Å². The first-order valence-corrected chi connectivity index (χ1v) is 11.1. The monoisotopic (exact) mass is 427 g/mol. The number of rotatable bonds is 4. The number of nitro benzene ring substituents is 1. The van der Waals surface area contributed by atoms with Crippen LogP contribution in [0.25, 0.3) is 10.9 Å². The van der Waals surface area contributed by atoms with Gasteiger partial charge in [0.15, 0.2) is 0 Å². The molecule has 0 aliphatic carbocycles. The molecule has 8 nitrogen and oxygen atoms in total. The van der Waals surface area contributed by atoms with Gasteiger partial charge >= 0.3 is 0 Å². The molecule has 0 bridgehead atoms. The Kier molecular flexibility index (Phi) is 5.17. The van der Waals surface area contributed by atoms with Gasteiger partial charge in [-0.05, 0) is 44.0 Å². The molecule has 156 valence electrons. The number of piperidine rings is 1. The lowest BCUT2D eigenvalue weighted by Crippen LogP contribution is -2.36. The number of aromatic nitrogens is 1. The lowest BCUT2D eigenvalue weighted by Gasteiger charge is -2.33. The number of nitro groups is 1. The van der Waals surface area contributed by atoms with Crippen LogP contribution in [-0.4, -0.2) is 42.6 Å². The fourth-order valence-electron chi connectivity index (χ4n) is 3.76. The zero-order valence-corrected chi connectivity index (χ0v) is 17.2. The fourth-order valence-corrected chi connectivity index (χ4v) is 5.19.